The second-order valence-corrected chi connectivity index (χ2v) is 6.56. The summed E-state index contributed by atoms with van der Waals surface area (Å²) in [5, 5.41) is 12.4. The predicted molar refractivity (Wildman–Crippen MR) is 98.3 cm³/mol. The normalized spacial score (nSPS) is 19.1. The molecule has 0 radical (unpaired) electrons. The van der Waals surface area contributed by atoms with Gasteiger partial charge in [0, 0.05) is 5.92 Å². The summed E-state index contributed by atoms with van der Waals surface area (Å²) in [6, 6.07) is 8.83. The van der Waals surface area contributed by atoms with Crippen LogP contribution < -0.4 is 15.8 Å². The van der Waals surface area contributed by atoms with Gasteiger partial charge in [0.2, 0.25) is 11.8 Å². The fourth-order valence-corrected chi connectivity index (χ4v) is 3.55. The minimum atomic E-state index is -1.22. The molecule has 0 saturated heterocycles. The summed E-state index contributed by atoms with van der Waals surface area (Å²) in [5.74, 6) is -3.50. The van der Waals surface area contributed by atoms with Gasteiger partial charge in [-0.3, -0.25) is 14.4 Å². The van der Waals surface area contributed by atoms with Crippen LogP contribution in [0.15, 0.2) is 34.9 Å². The number of hydrogen-bond donors (Lipinski definition) is 2. The van der Waals surface area contributed by atoms with Gasteiger partial charge in [0.1, 0.15) is 11.7 Å². The number of carbonyl (C=O) groups is 3. The molecule has 2 amide bonds. The van der Waals surface area contributed by atoms with Gasteiger partial charge in [0.15, 0.2) is 0 Å². The average molecular weight is 389 g/mol. The number of hydrogen-bond acceptors (Lipinski definition) is 7. The van der Waals surface area contributed by atoms with Gasteiger partial charge in [0.25, 0.3) is 0 Å². The Morgan fingerprint density at radius 2 is 2.00 bits per heavy atom. The molecule has 1 aliphatic rings. The van der Waals surface area contributed by atoms with Crippen LogP contribution in [0.25, 0.3) is 0 Å². The summed E-state index contributed by atoms with van der Waals surface area (Å²) in [4.78, 5) is 35.9. The van der Waals surface area contributed by atoms with Gasteiger partial charge >= 0.3 is 5.97 Å². The van der Waals surface area contributed by atoms with Crippen molar-refractivity contribution in [2.45, 2.75) is 12.8 Å². The molecule has 142 valence electrons. The highest BCUT2D eigenvalue weighted by atomic mass is 32.2. The number of thioether (sulfide) groups is 1. The molecule has 2 atom stereocenters. The summed E-state index contributed by atoms with van der Waals surface area (Å²) in [5.41, 5.74) is 5.90. The highest BCUT2D eigenvalue weighted by Crippen LogP contribution is 2.40. The molecule has 9 heteroatoms. The van der Waals surface area contributed by atoms with Crippen molar-refractivity contribution in [2.24, 2.45) is 11.7 Å². The van der Waals surface area contributed by atoms with Crippen molar-refractivity contribution >= 4 is 29.5 Å². The number of nitriles is 1. The molecule has 1 heterocycles. The van der Waals surface area contributed by atoms with Crippen molar-refractivity contribution < 1.29 is 23.9 Å². The molecule has 2 rings (SSSR count). The minimum absolute atomic E-state index is 0.111. The van der Waals surface area contributed by atoms with E-state index in [9.17, 15) is 19.6 Å². The number of rotatable bonds is 7. The van der Waals surface area contributed by atoms with E-state index in [-0.39, 0.29) is 16.4 Å². The van der Waals surface area contributed by atoms with E-state index in [1.165, 1.54) is 7.11 Å². The Morgan fingerprint density at radius 1 is 1.33 bits per heavy atom. The first-order chi connectivity index (χ1) is 12.9. The number of nitrogens with zero attached hydrogens (tertiary/aromatic N) is 1. The third kappa shape index (κ3) is 4.60. The molecule has 0 aliphatic carbocycles. The Morgan fingerprint density at radius 3 is 2.52 bits per heavy atom. The SMILES string of the molecule is CCOc1ccc(C2C(C#N)=C(SCC(N)=O)NC(=O)[C@@H]2C(=O)OC)cc1. The number of allylic oxidation sites excluding steroid dienone is 1. The van der Waals surface area contributed by atoms with Crippen LogP contribution in [0.1, 0.15) is 18.4 Å². The van der Waals surface area contributed by atoms with E-state index in [0.717, 1.165) is 11.8 Å². The number of nitrogens with two attached hydrogens (primary N) is 1. The predicted octanol–water partition coefficient (Wildman–Crippen LogP) is 1.04. The minimum Gasteiger partial charge on any atom is -0.494 e. The zero-order valence-corrected chi connectivity index (χ0v) is 15.7. The number of amides is 2. The number of esters is 1. The molecule has 3 N–H and O–H groups in total. The molecule has 8 nitrogen and oxygen atoms in total. The molecule has 1 aromatic rings. The standard InChI is InChI=1S/C18H19N3O5S/c1-3-26-11-6-4-10(5-7-11)14-12(8-19)17(27-9-13(20)22)21-16(23)15(14)18(24)25-2/h4-7,14-15H,3,9H2,1-2H3,(H2,20,22)(H,21,23)/t14?,15-/m1/s1. The van der Waals surface area contributed by atoms with Crippen LogP contribution in [0.4, 0.5) is 0 Å². The van der Waals surface area contributed by atoms with Crippen molar-refractivity contribution in [3.8, 4) is 11.8 Å². The third-order valence-electron chi connectivity index (χ3n) is 3.89. The number of primary amides is 1. The van der Waals surface area contributed by atoms with Gasteiger partial charge < -0.3 is 20.5 Å². The summed E-state index contributed by atoms with van der Waals surface area (Å²) in [6.45, 7) is 2.35. The molecule has 0 spiro atoms. The molecule has 0 aromatic heterocycles. The molecule has 27 heavy (non-hydrogen) atoms. The van der Waals surface area contributed by atoms with Crippen molar-refractivity contribution in [3.63, 3.8) is 0 Å². The average Bonchev–Trinajstić information content (AvgIpc) is 2.66. The highest BCUT2D eigenvalue weighted by molar-refractivity contribution is 8.03. The Kier molecular flexibility index (Phi) is 6.85. The number of benzene rings is 1. The Bertz CT molecular complexity index is 813. The smallest absolute Gasteiger partial charge is 0.319 e. The highest BCUT2D eigenvalue weighted by Gasteiger charge is 2.44. The van der Waals surface area contributed by atoms with Crippen LogP contribution in [0.5, 0.6) is 5.75 Å². The van der Waals surface area contributed by atoms with Crippen molar-refractivity contribution in [3.05, 3.63) is 40.4 Å². The van der Waals surface area contributed by atoms with Crippen LogP contribution in [0.2, 0.25) is 0 Å². The van der Waals surface area contributed by atoms with Crippen molar-refractivity contribution in [2.75, 3.05) is 19.5 Å². The maximum Gasteiger partial charge on any atom is 0.319 e. The zero-order valence-electron chi connectivity index (χ0n) is 14.9. The van der Waals surface area contributed by atoms with Crippen molar-refractivity contribution in [1.82, 2.24) is 5.32 Å². The maximum absolute atomic E-state index is 12.6. The Labute approximate surface area is 160 Å². The van der Waals surface area contributed by atoms with Crippen LogP contribution >= 0.6 is 11.8 Å². The topological polar surface area (TPSA) is 132 Å². The zero-order chi connectivity index (χ0) is 20.0. The number of nitrogens with one attached hydrogen (secondary N) is 1. The molecule has 1 aliphatic heterocycles. The largest absolute Gasteiger partial charge is 0.494 e. The van der Waals surface area contributed by atoms with Gasteiger partial charge in [-0.25, -0.2) is 0 Å². The summed E-state index contributed by atoms with van der Waals surface area (Å²) in [6.07, 6.45) is 0. The van der Waals surface area contributed by atoms with Crippen LogP contribution in [-0.2, 0) is 19.1 Å². The summed E-state index contributed by atoms with van der Waals surface area (Å²) in [7, 11) is 1.18. The summed E-state index contributed by atoms with van der Waals surface area (Å²) < 4.78 is 10.2. The van der Waals surface area contributed by atoms with Crippen LogP contribution in [-0.4, -0.2) is 37.3 Å². The lowest BCUT2D eigenvalue weighted by molar-refractivity contribution is -0.150. The Hall–Kier alpha value is -2.99. The maximum atomic E-state index is 12.6. The van der Waals surface area contributed by atoms with Crippen LogP contribution in [0.3, 0.4) is 0 Å². The lowest BCUT2D eigenvalue weighted by atomic mass is 9.78. The lowest BCUT2D eigenvalue weighted by Gasteiger charge is -2.30. The van der Waals surface area contributed by atoms with E-state index in [4.69, 9.17) is 15.2 Å². The number of ether oxygens (including phenoxy) is 2. The van der Waals surface area contributed by atoms with Gasteiger partial charge in [-0.15, -0.1) is 0 Å². The van der Waals surface area contributed by atoms with Gasteiger partial charge in [0.05, 0.1) is 36.1 Å². The van der Waals surface area contributed by atoms with E-state index in [2.05, 4.69) is 5.32 Å². The second-order valence-electron chi connectivity index (χ2n) is 5.58. The first kappa shape index (κ1) is 20.3. The molecule has 0 fully saturated rings. The van der Waals surface area contributed by atoms with E-state index in [0.29, 0.717) is 17.9 Å². The van der Waals surface area contributed by atoms with E-state index < -0.39 is 29.6 Å². The van der Waals surface area contributed by atoms with E-state index in [1.807, 2.05) is 13.0 Å². The molecule has 1 aromatic carbocycles. The van der Waals surface area contributed by atoms with Gasteiger partial charge in [-0.1, -0.05) is 23.9 Å². The first-order valence-corrected chi connectivity index (χ1v) is 9.08. The molecular formula is C18H19N3O5S. The summed E-state index contributed by atoms with van der Waals surface area (Å²) >= 11 is 0.947. The van der Waals surface area contributed by atoms with Crippen molar-refractivity contribution in [1.29, 1.82) is 5.26 Å². The van der Waals surface area contributed by atoms with E-state index in [1.54, 1.807) is 24.3 Å². The Balaban J connectivity index is 2.53. The first-order valence-electron chi connectivity index (χ1n) is 8.09. The van der Waals surface area contributed by atoms with Gasteiger partial charge in [-0.05, 0) is 24.6 Å². The second kappa shape index (κ2) is 9.09. The molecule has 0 bridgehead atoms. The monoisotopic (exact) mass is 389 g/mol. The van der Waals surface area contributed by atoms with Crippen LogP contribution in [0, 0.1) is 17.2 Å². The third-order valence-corrected chi connectivity index (χ3v) is 4.93. The van der Waals surface area contributed by atoms with E-state index >= 15 is 0 Å². The molecular weight excluding hydrogens is 370 g/mol. The number of methoxy groups -OCH3 is 1. The quantitative estimate of drug-likeness (QED) is 0.526. The fraction of sp³-hybridized carbons (Fsp3) is 0.333. The number of carbonyl (C=O) groups excluding carboxylic acids is 3. The fourth-order valence-electron chi connectivity index (χ4n) is 2.76. The van der Waals surface area contributed by atoms with Gasteiger partial charge in [-0.2, -0.15) is 5.26 Å². The lowest BCUT2D eigenvalue weighted by Crippen LogP contribution is -2.44. The molecule has 1 unspecified atom stereocenters. The molecule has 0 saturated carbocycles.